The van der Waals surface area contributed by atoms with E-state index < -0.39 is 0 Å². The van der Waals surface area contributed by atoms with Crippen molar-refractivity contribution in [1.29, 1.82) is 0 Å². The van der Waals surface area contributed by atoms with E-state index in [0.717, 1.165) is 17.7 Å². The molecular formula is C12H14N2O2. The molecule has 0 unspecified atom stereocenters. The first kappa shape index (κ1) is 10.7. The number of benzene rings is 1. The summed E-state index contributed by atoms with van der Waals surface area (Å²) in [6.45, 7) is 1.12. The van der Waals surface area contributed by atoms with Gasteiger partial charge in [0.05, 0.1) is 6.20 Å². The van der Waals surface area contributed by atoms with Crippen LogP contribution >= 0.6 is 0 Å². The average molecular weight is 218 g/mol. The zero-order valence-corrected chi connectivity index (χ0v) is 8.93. The van der Waals surface area contributed by atoms with Crippen molar-refractivity contribution in [1.82, 2.24) is 5.16 Å². The minimum atomic E-state index is 0.468. The van der Waals surface area contributed by atoms with Crippen LogP contribution in [0.3, 0.4) is 0 Å². The number of nitrogens with zero attached hydrogens (tertiary/aromatic N) is 1. The quantitative estimate of drug-likeness (QED) is 0.830. The molecule has 0 saturated carbocycles. The first-order valence-corrected chi connectivity index (χ1v) is 5.18. The van der Waals surface area contributed by atoms with Crippen molar-refractivity contribution in [3.8, 4) is 5.75 Å². The van der Waals surface area contributed by atoms with Gasteiger partial charge in [0.25, 0.3) is 0 Å². The number of nitrogens with two attached hydrogens (primary N) is 1. The molecule has 0 bridgehead atoms. The molecule has 2 N–H and O–H groups in total. The molecule has 2 aromatic rings. The van der Waals surface area contributed by atoms with Crippen molar-refractivity contribution in [2.24, 2.45) is 5.73 Å². The van der Waals surface area contributed by atoms with Crippen molar-refractivity contribution in [2.45, 2.75) is 13.0 Å². The molecule has 16 heavy (non-hydrogen) atoms. The monoisotopic (exact) mass is 218 g/mol. The summed E-state index contributed by atoms with van der Waals surface area (Å²) < 4.78 is 10.3. The lowest BCUT2D eigenvalue weighted by Gasteiger charge is -2.06. The maximum atomic E-state index is 5.60. The van der Waals surface area contributed by atoms with Crippen LogP contribution in [0.25, 0.3) is 0 Å². The van der Waals surface area contributed by atoms with Crippen molar-refractivity contribution in [3.63, 3.8) is 0 Å². The van der Waals surface area contributed by atoms with Gasteiger partial charge in [0, 0.05) is 5.56 Å². The van der Waals surface area contributed by atoms with Crippen molar-refractivity contribution in [2.75, 3.05) is 6.54 Å². The molecule has 1 heterocycles. The molecule has 0 radical (unpaired) electrons. The van der Waals surface area contributed by atoms with Gasteiger partial charge in [0.1, 0.15) is 18.6 Å². The zero-order chi connectivity index (χ0) is 11.2. The van der Waals surface area contributed by atoms with Crippen LogP contribution in [0.15, 0.2) is 41.2 Å². The topological polar surface area (TPSA) is 61.3 Å². The van der Waals surface area contributed by atoms with E-state index in [1.165, 1.54) is 5.56 Å². The Morgan fingerprint density at radius 2 is 2.25 bits per heavy atom. The highest BCUT2D eigenvalue weighted by Crippen LogP contribution is 2.15. The number of aromatic nitrogens is 1. The second-order valence-corrected chi connectivity index (χ2v) is 3.51. The minimum absolute atomic E-state index is 0.468. The first-order valence-electron chi connectivity index (χ1n) is 5.18. The van der Waals surface area contributed by atoms with E-state index in [0.29, 0.717) is 13.2 Å². The minimum Gasteiger partial charge on any atom is -0.489 e. The molecular weight excluding hydrogens is 204 g/mol. The molecule has 0 saturated heterocycles. The Morgan fingerprint density at radius 3 is 3.00 bits per heavy atom. The standard InChI is InChI=1S/C12H14N2O2/c13-5-4-10-2-1-3-12(6-10)15-8-11-7-14-16-9-11/h1-3,6-7,9H,4-5,8,13H2. The molecule has 0 spiro atoms. The number of hydrogen-bond donors (Lipinski definition) is 1. The molecule has 0 aliphatic rings. The average Bonchev–Trinajstić information content (AvgIpc) is 2.80. The molecule has 4 heteroatoms. The number of rotatable bonds is 5. The van der Waals surface area contributed by atoms with E-state index in [4.69, 9.17) is 15.0 Å². The van der Waals surface area contributed by atoms with Crippen LogP contribution in [-0.4, -0.2) is 11.7 Å². The van der Waals surface area contributed by atoms with E-state index >= 15 is 0 Å². The van der Waals surface area contributed by atoms with Crippen molar-refractivity contribution in [3.05, 3.63) is 47.9 Å². The van der Waals surface area contributed by atoms with E-state index in [9.17, 15) is 0 Å². The van der Waals surface area contributed by atoms with Gasteiger partial charge in [-0.2, -0.15) is 0 Å². The summed E-state index contributed by atoms with van der Waals surface area (Å²) in [5.41, 5.74) is 7.61. The summed E-state index contributed by atoms with van der Waals surface area (Å²) in [6.07, 6.45) is 4.08. The van der Waals surface area contributed by atoms with Crippen LogP contribution in [0.5, 0.6) is 5.75 Å². The third-order valence-corrected chi connectivity index (χ3v) is 2.22. The smallest absolute Gasteiger partial charge is 0.130 e. The Hall–Kier alpha value is -1.81. The van der Waals surface area contributed by atoms with Gasteiger partial charge < -0.3 is 15.0 Å². The summed E-state index contributed by atoms with van der Waals surface area (Å²) in [5, 5.41) is 3.61. The van der Waals surface area contributed by atoms with E-state index in [1.807, 2.05) is 24.3 Å². The van der Waals surface area contributed by atoms with Gasteiger partial charge in [-0.05, 0) is 30.7 Å². The normalized spacial score (nSPS) is 10.3. The molecule has 1 aromatic carbocycles. The zero-order valence-electron chi connectivity index (χ0n) is 8.93. The lowest BCUT2D eigenvalue weighted by molar-refractivity contribution is 0.304. The summed E-state index contributed by atoms with van der Waals surface area (Å²) in [6, 6.07) is 7.93. The van der Waals surface area contributed by atoms with Gasteiger partial charge in [0.2, 0.25) is 0 Å². The molecule has 4 nitrogen and oxygen atoms in total. The highest BCUT2D eigenvalue weighted by molar-refractivity contribution is 5.28. The highest BCUT2D eigenvalue weighted by Gasteiger charge is 1.99. The van der Waals surface area contributed by atoms with Gasteiger partial charge in [-0.1, -0.05) is 17.3 Å². The molecule has 0 aliphatic carbocycles. The summed E-state index contributed by atoms with van der Waals surface area (Å²) >= 11 is 0. The van der Waals surface area contributed by atoms with Gasteiger partial charge in [-0.25, -0.2) is 0 Å². The summed E-state index contributed by atoms with van der Waals surface area (Å²) in [5.74, 6) is 0.840. The lowest BCUT2D eigenvalue weighted by Crippen LogP contribution is -2.02. The Morgan fingerprint density at radius 1 is 1.31 bits per heavy atom. The third kappa shape index (κ3) is 2.84. The number of hydrogen-bond acceptors (Lipinski definition) is 4. The second kappa shape index (κ2) is 5.32. The lowest BCUT2D eigenvalue weighted by atomic mass is 10.1. The van der Waals surface area contributed by atoms with Gasteiger partial charge >= 0.3 is 0 Å². The molecule has 1 aromatic heterocycles. The summed E-state index contributed by atoms with van der Waals surface area (Å²) in [4.78, 5) is 0. The van der Waals surface area contributed by atoms with E-state index in [2.05, 4.69) is 5.16 Å². The van der Waals surface area contributed by atoms with Crippen molar-refractivity contribution >= 4 is 0 Å². The van der Waals surface area contributed by atoms with Crippen molar-refractivity contribution < 1.29 is 9.26 Å². The molecule has 0 aliphatic heterocycles. The van der Waals surface area contributed by atoms with Crippen LogP contribution in [-0.2, 0) is 13.0 Å². The van der Waals surface area contributed by atoms with Crippen LogP contribution < -0.4 is 10.5 Å². The Balaban J connectivity index is 1.96. The fourth-order valence-corrected chi connectivity index (χ4v) is 1.42. The Labute approximate surface area is 94.0 Å². The van der Waals surface area contributed by atoms with E-state index in [-0.39, 0.29) is 0 Å². The fraction of sp³-hybridized carbons (Fsp3) is 0.250. The predicted molar refractivity (Wildman–Crippen MR) is 60.0 cm³/mol. The SMILES string of the molecule is NCCc1cccc(OCc2cnoc2)c1. The third-order valence-electron chi connectivity index (χ3n) is 2.22. The Kier molecular flexibility index (Phi) is 3.56. The fourth-order valence-electron chi connectivity index (χ4n) is 1.42. The Bertz CT molecular complexity index is 426. The highest BCUT2D eigenvalue weighted by atomic mass is 16.5. The van der Waals surface area contributed by atoms with Crippen LogP contribution in [0.4, 0.5) is 0 Å². The molecule has 0 fully saturated rings. The molecule has 84 valence electrons. The maximum Gasteiger partial charge on any atom is 0.130 e. The van der Waals surface area contributed by atoms with Crippen LogP contribution in [0, 0.1) is 0 Å². The van der Waals surface area contributed by atoms with Crippen LogP contribution in [0.2, 0.25) is 0 Å². The second-order valence-electron chi connectivity index (χ2n) is 3.51. The largest absolute Gasteiger partial charge is 0.489 e. The van der Waals surface area contributed by atoms with Gasteiger partial charge in [-0.3, -0.25) is 0 Å². The van der Waals surface area contributed by atoms with Crippen LogP contribution in [0.1, 0.15) is 11.1 Å². The summed E-state index contributed by atoms with van der Waals surface area (Å²) in [7, 11) is 0. The van der Waals surface area contributed by atoms with Gasteiger partial charge in [0.15, 0.2) is 0 Å². The molecule has 2 rings (SSSR count). The first-order chi connectivity index (χ1) is 7.88. The molecule has 0 amide bonds. The molecule has 0 atom stereocenters. The van der Waals surface area contributed by atoms with Gasteiger partial charge in [-0.15, -0.1) is 0 Å². The number of ether oxygens (including phenoxy) is 1. The predicted octanol–water partition coefficient (Wildman–Crippen LogP) is 1.75. The maximum absolute atomic E-state index is 5.60. The van der Waals surface area contributed by atoms with E-state index in [1.54, 1.807) is 12.5 Å².